The molecule has 0 unspecified atom stereocenters. The van der Waals surface area contributed by atoms with Gasteiger partial charge in [-0.2, -0.15) is 0 Å². The number of rotatable bonds is 5. The molecule has 4 aromatic rings. The van der Waals surface area contributed by atoms with E-state index in [1.54, 1.807) is 18.2 Å². The van der Waals surface area contributed by atoms with Gasteiger partial charge in [0, 0.05) is 0 Å². The third kappa shape index (κ3) is 5.20. The average molecular weight is 640 g/mol. The van der Waals surface area contributed by atoms with E-state index in [4.69, 9.17) is 17.0 Å². The number of anilines is 1. The van der Waals surface area contributed by atoms with Crippen molar-refractivity contribution >= 4 is 83.5 Å². The minimum Gasteiger partial charge on any atom is -0.487 e. The first kappa shape index (κ1) is 25.3. The Balaban J connectivity index is 1.40. The number of benzene rings is 4. The smallest absolute Gasteiger partial charge is 0.270 e. The Kier molecular flexibility index (Phi) is 7.19. The maximum atomic E-state index is 14.4. The normalized spacial score (nSPS) is 14.8. The number of amides is 2. The Hall–Kier alpha value is -3.40. The van der Waals surface area contributed by atoms with Crippen LogP contribution in [0.1, 0.15) is 11.1 Å². The number of hydrogen-bond donors (Lipinski definition) is 1. The maximum Gasteiger partial charge on any atom is 0.270 e. The summed E-state index contributed by atoms with van der Waals surface area (Å²) in [7, 11) is 0. The summed E-state index contributed by atoms with van der Waals surface area (Å²) in [5.41, 5.74) is 1.35. The van der Waals surface area contributed by atoms with Crippen molar-refractivity contribution < 1.29 is 18.7 Å². The molecule has 0 bridgehead atoms. The molecule has 0 aliphatic carbocycles. The molecule has 37 heavy (non-hydrogen) atoms. The lowest BCUT2D eigenvalue weighted by atomic mass is 10.1. The number of nitrogens with zero attached hydrogens (tertiary/aromatic N) is 1. The van der Waals surface area contributed by atoms with Gasteiger partial charge in [-0.15, -0.1) is 0 Å². The molecule has 184 valence electrons. The minimum atomic E-state index is -0.720. The van der Waals surface area contributed by atoms with Crippen molar-refractivity contribution in [3.63, 3.8) is 0 Å². The highest BCUT2D eigenvalue weighted by molar-refractivity contribution is 9.11. The number of thiocarbonyl (C=S) groups is 1. The van der Waals surface area contributed by atoms with Crippen molar-refractivity contribution in [3.05, 3.63) is 110 Å². The van der Waals surface area contributed by atoms with E-state index in [-0.39, 0.29) is 16.4 Å². The summed E-state index contributed by atoms with van der Waals surface area (Å²) in [5.74, 6) is -1.44. The first-order valence-corrected chi connectivity index (χ1v) is 13.1. The molecule has 0 aromatic heterocycles. The van der Waals surface area contributed by atoms with Gasteiger partial charge in [-0.1, -0.05) is 48.5 Å². The van der Waals surface area contributed by atoms with Crippen LogP contribution in [-0.4, -0.2) is 16.9 Å². The molecule has 1 aliphatic heterocycles. The molecule has 0 spiro atoms. The van der Waals surface area contributed by atoms with Gasteiger partial charge >= 0.3 is 0 Å². The lowest BCUT2D eigenvalue weighted by Crippen LogP contribution is -2.54. The molecule has 5 nitrogen and oxygen atoms in total. The number of para-hydroxylation sites is 1. The van der Waals surface area contributed by atoms with Crippen molar-refractivity contribution in [2.45, 2.75) is 6.61 Å². The zero-order chi connectivity index (χ0) is 26.1. The lowest BCUT2D eigenvalue weighted by Gasteiger charge is -2.29. The predicted octanol–water partition coefficient (Wildman–Crippen LogP) is 6.91. The average Bonchev–Trinajstić information content (AvgIpc) is 2.87. The highest BCUT2D eigenvalue weighted by Crippen LogP contribution is 2.36. The van der Waals surface area contributed by atoms with E-state index >= 15 is 0 Å². The summed E-state index contributed by atoms with van der Waals surface area (Å²) in [6, 6.07) is 23.4. The van der Waals surface area contributed by atoms with Gasteiger partial charge in [0.15, 0.2) is 5.11 Å². The quantitative estimate of drug-likeness (QED) is 0.146. The number of hydrogen-bond acceptors (Lipinski definition) is 4. The third-order valence-corrected chi connectivity index (χ3v) is 7.19. The Labute approximate surface area is 234 Å². The van der Waals surface area contributed by atoms with Crippen molar-refractivity contribution in [3.8, 4) is 5.75 Å². The summed E-state index contributed by atoms with van der Waals surface area (Å²) >= 11 is 12.2. The molecule has 1 saturated heterocycles. The minimum absolute atomic E-state index is 0.0387. The van der Waals surface area contributed by atoms with Crippen LogP contribution in [0.25, 0.3) is 16.8 Å². The van der Waals surface area contributed by atoms with Crippen LogP contribution in [0.3, 0.4) is 0 Å². The highest BCUT2D eigenvalue weighted by Gasteiger charge is 2.35. The van der Waals surface area contributed by atoms with Crippen LogP contribution in [0.4, 0.5) is 10.1 Å². The van der Waals surface area contributed by atoms with Gasteiger partial charge in [-0.3, -0.25) is 14.9 Å². The fourth-order valence-electron chi connectivity index (χ4n) is 3.96. The van der Waals surface area contributed by atoms with E-state index in [9.17, 15) is 14.0 Å². The fraction of sp³-hybridized carbons (Fsp3) is 0.0357. The fourth-order valence-corrected chi connectivity index (χ4v) is 5.69. The van der Waals surface area contributed by atoms with Crippen LogP contribution in [0, 0.1) is 5.82 Å². The van der Waals surface area contributed by atoms with E-state index in [0.717, 1.165) is 21.2 Å². The second kappa shape index (κ2) is 10.5. The molecule has 0 radical (unpaired) electrons. The topological polar surface area (TPSA) is 58.6 Å². The van der Waals surface area contributed by atoms with Gasteiger partial charge in [-0.05, 0) is 102 Å². The summed E-state index contributed by atoms with van der Waals surface area (Å²) in [4.78, 5) is 26.8. The van der Waals surface area contributed by atoms with Crippen molar-refractivity contribution in [2.24, 2.45) is 0 Å². The molecule has 1 aliphatic rings. The van der Waals surface area contributed by atoms with Crippen LogP contribution in [0.2, 0.25) is 0 Å². The van der Waals surface area contributed by atoms with Crippen molar-refractivity contribution in [1.29, 1.82) is 0 Å². The SMILES string of the molecule is O=C1NC(=S)N(c2ccccc2F)C(=O)/C1=C/c1cc(Br)c(OCc2ccc3ccccc3c2)c(Br)c1. The monoisotopic (exact) mass is 638 g/mol. The Morgan fingerprint density at radius 3 is 2.32 bits per heavy atom. The molecule has 9 heteroatoms. The molecule has 4 aromatic carbocycles. The number of carbonyl (C=O) groups excluding carboxylic acids is 2. The van der Waals surface area contributed by atoms with Crippen LogP contribution < -0.4 is 15.0 Å². The summed E-state index contributed by atoms with van der Waals surface area (Å²) in [5, 5.41) is 4.56. The zero-order valence-electron chi connectivity index (χ0n) is 19.0. The van der Waals surface area contributed by atoms with Crippen LogP contribution >= 0.6 is 44.1 Å². The Morgan fingerprint density at radius 1 is 0.919 bits per heavy atom. The molecule has 1 N–H and O–H groups in total. The van der Waals surface area contributed by atoms with Gasteiger partial charge in [0.25, 0.3) is 11.8 Å². The largest absolute Gasteiger partial charge is 0.487 e. The summed E-state index contributed by atoms with van der Waals surface area (Å²) in [6.45, 7) is 0.346. The number of fused-ring (bicyclic) bond motifs is 1. The van der Waals surface area contributed by atoms with Gasteiger partial charge in [0.1, 0.15) is 23.7 Å². The second-order valence-electron chi connectivity index (χ2n) is 8.19. The molecule has 0 atom stereocenters. The van der Waals surface area contributed by atoms with Crippen LogP contribution in [-0.2, 0) is 16.2 Å². The molecule has 2 amide bonds. The number of halogens is 3. The van der Waals surface area contributed by atoms with Gasteiger partial charge in [-0.25, -0.2) is 9.29 Å². The molecular weight excluding hydrogens is 623 g/mol. The van der Waals surface area contributed by atoms with Crippen LogP contribution in [0.15, 0.2) is 93.4 Å². The molecule has 1 fully saturated rings. The summed E-state index contributed by atoms with van der Waals surface area (Å²) in [6.07, 6.45) is 1.43. The molecule has 1 heterocycles. The standard InChI is InChI=1S/C28H17Br2FN2O3S/c29-21-13-17(12-20-26(34)32-28(37)33(27(20)35)24-8-4-3-7-23(24)31)14-22(30)25(21)36-15-16-9-10-18-5-1-2-6-19(18)11-16/h1-14H,15H2,(H,32,34,37)/b20-12+. The first-order valence-electron chi connectivity index (χ1n) is 11.1. The zero-order valence-corrected chi connectivity index (χ0v) is 23.0. The predicted molar refractivity (Wildman–Crippen MR) is 153 cm³/mol. The van der Waals surface area contributed by atoms with Crippen LogP contribution in [0.5, 0.6) is 5.75 Å². The van der Waals surface area contributed by atoms with Gasteiger partial charge < -0.3 is 4.74 Å². The number of nitrogens with one attached hydrogen (secondary N) is 1. The lowest BCUT2D eigenvalue weighted by molar-refractivity contribution is -0.122. The number of carbonyl (C=O) groups is 2. The number of ether oxygens (including phenoxy) is 1. The second-order valence-corrected chi connectivity index (χ2v) is 10.3. The van der Waals surface area contributed by atoms with Crippen molar-refractivity contribution in [1.82, 2.24) is 5.32 Å². The van der Waals surface area contributed by atoms with E-state index in [2.05, 4.69) is 61.4 Å². The third-order valence-electron chi connectivity index (χ3n) is 5.72. The first-order chi connectivity index (χ1) is 17.8. The summed E-state index contributed by atoms with van der Waals surface area (Å²) < 4.78 is 21.7. The maximum absolute atomic E-state index is 14.4. The van der Waals surface area contributed by atoms with E-state index in [1.165, 1.54) is 24.3 Å². The van der Waals surface area contributed by atoms with E-state index in [1.807, 2.05) is 18.2 Å². The van der Waals surface area contributed by atoms with E-state index in [0.29, 0.717) is 26.9 Å². The Morgan fingerprint density at radius 2 is 1.59 bits per heavy atom. The molecule has 5 rings (SSSR count). The van der Waals surface area contributed by atoms with Crippen molar-refractivity contribution in [2.75, 3.05) is 4.90 Å². The van der Waals surface area contributed by atoms with E-state index < -0.39 is 17.6 Å². The molecule has 0 saturated carbocycles. The van der Waals surface area contributed by atoms with Gasteiger partial charge in [0.2, 0.25) is 0 Å². The Bertz CT molecular complexity index is 1600. The highest BCUT2D eigenvalue weighted by atomic mass is 79.9. The molecular formula is C28H17Br2FN2O3S. The van der Waals surface area contributed by atoms with Gasteiger partial charge in [0.05, 0.1) is 14.6 Å².